The van der Waals surface area contributed by atoms with Crippen LogP contribution in [0.5, 0.6) is 5.75 Å². The molecular weight excluding hydrogens is 372 g/mol. The van der Waals surface area contributed by atoms with E-state index in [2.05, 4.69) is 28.4 Å². The monoisotopic (exact) mass is 400 g/mol. The molecule has 1 atom stereocenters. The first-order chi connectivity index (χ1) is 13.5. The van der Waals surface area contributed by atoms with E-state index in [0.29, 0.717) is 17.3 Å². The molecule has 1 aliphatic rings. The molecule has 0 aliphatic carbocycles. The highest BCUT2D eigenvalue weighted by Gasteiger charge is 2.16. The fourth-order valence-corrected chi connectivity index (χ4v) is 3.63. The second kappa shape index (κ2) is 9.94. The predicted molar refractivity (Wildman–Crippen MR) is 114 cm³/mol. The third-order valence-electron chi connectivity index (χ3n) is 5.23. The van der Waals surface area contributed by atoms with Gasteiger partial charge in [0.25, 0.3) is 5.91 Å². The van der Waals surface area contributed by atoms with E-state index < -0.39 is 6.10 Å². The van der Waals surface area contributed by atoms with Crippen LogP contribution in [0, 0.1) is 6.92 Å². The van der Waals surface area contributed by atoms with E-state index in [1.54, 1.807) is 19.1 Å². The van der Waals surface area contributed by atoms with Gasteiger partial charge in [-0.3, -0.25) is 9.69 Å². The maximum Gasteiger partial charge on any atom is 0.261 e. The van der Waals surface area contributed by atoms with Gasteiger partial charge < -0.3 is 10.1 Å². The summed E-state index contributed by atoms with van der Waals surface area (Å²) < 4.78 is 5.77. The SMILES string of the molecule is Cc1cc(O[C@H](C)C(=O)NCc2ccccc2CN2CCCCC2)ccc1Cl. The van der Waals surface area contributed by atoms with Gasteiger partial charge in [0.1, 0.15) is 5.75 Å². The van der Waals surface area contributed by atoms with Crippen LogP contribution in [0.2, 0.25) is 5.02 Å². The Kier molecular flexibility index (Phi) is 7.35. The van der Waals surface area contributed by atoms with E-state index in [1.807, 2.05) is 19.1 Å². The molecule has 28 heavy (non-hydrogen) atoms. The van der Waals surface area contributed by atoms with Gasteiger partial charge in [-0.25, -0.2) is 0 Å². The Hall–Kier alpha value is -2.04. The van der Waals surface area contributed by atoms with Gasteiger partial charge in [-0.15, -0.1) is 0 Å². The van der Waals surface area contributed by atoms with Gasteiger partial charge in [-0.05, 0) is 74.7 Å². The second-order valence-electron chi connectivity index (χ2n) is 7.49. The number of hydrogen-bond acceptors (Lipinski definition) is 3. The van der Waals surface area contributed by atoms with Crippen molar-refractivity contribution in [2.75, 3.05) is 13.1 Å². The number of rotatable bonds is 7. The fraction of sp³-hybridized carbons (Fsp3) is 0.435. The highest BCUT2D eigenvalue weighted by Crippen LogP contribution is 2.22. The number of halogens is 1. The molecule has 4 nitrogen and oxygen atoms in total. The smallest absolute Gasteiger partial charge is 0.261 e. The molecule has 0 radical (unpaired) electrons. The minimum absolute atomic E-state index is 0.125. The quantitative estimate of drug-likeness (QED) is 0.731. The van der Waals surface area contributed by atoms with Gasteiger partial charge in [0, 0.05) is 18.1 Å². The van der Waals surface area contributed by atoms with Crippen LogP contribution in [0.1, 0.15) is 42.9 Å². The number of piperidine rings is 1. The van der Waals surface area contributed by atoms with Crippen LogP contribution in [-0.4, -0.2) is 30.0 Å². The lowest BCUT2D eigenvalue weighted by atomic mass is 10.0. The van der Waals surface area contributed by atoms with Crippen molar-refractivity contribution in [3.63, 3.8) is 0 Å². The Balaban J connectivity index is 1.55. The second-order valence-corrected chi connectivity index (χ2v) is 7.90. The average molecular weight is 401 g/mol. The van der Waals surface area contributed by atoms with Gasteiger partial charge in [0.05, 0.1) is 0 Å². The van der Waals surface area contributed by atoms with Crippen LogP contribution in [-0.2, 0) is 17.9 Å². The van der Waals surface area contributed by atoms with Gasteiger partial charge in [0.15, 0.2) is 6.10 Å². The van der Waals surface area contributed by atoms with Crippen molar-refractivity contribution in [2.24, 2.45) is 0 Å². The van der Waals surface area contributed by atoms with Crippen molar-refractivity contribution in [1.82, 2.24) is 10.2 Å². The summed E-state index contributed by atoms with van der Waals surface area (Å²) in [5.74, 6) is 0.524. The lowest BCUT2D eigenvalue weighted by Crippen LogP contribution is -2.36. The topological polar surface area (TPSA) is 41.6 Å². The number of hydrogen-bond donors (Lipinski definition) is 1. The van der Waals surface area contributed by atoms with Crippen LogP contribution in [0.25, 0.3) is 0 Å². The summed E-state index contributed by atoms with van der Waals surface area (Å²) >= 11 is 6.04. The molecule has 3 rings (SSSR count). The molecule has 5 heteroatoms. The van der Waals surface area contributed by atoms with Gasteiger partial charge in [0.2, 0.25) is 0 Å². The van der Waals surface area contributed by atoms with E-state index in [0.717, 1.165) is 30.8 Å². The first kappa shape index (κ1) is 20.7. The van der Waals surface area contributed by atoms with Crippen LogP contribution in [0.15, 0.2) is 42.5 Å². The highest BCUT2D eigenvalue weighted by atomic mass is 35.5. The highest BCUT2D eigenvalue weighted by molar-refractivity contribution is 6.31. The van der Waals surface area contributed by atoms with Crippen molar-refractivity contribution in [1.29, 1.82) is 0 Å². The standard InChI is InChI=1S/C23H29ClN2O2/c1-17-14-21(10-11-22(17)24)28-18(2)23(27)25-15-19-8-4-5-9-20(19)16-26-12-6-3-7-13-26/h4-5,8-11,14,18H,3,6-7,12-13,15-16H2,1-2H3,(H,25,27)/t18-/m1/s1. The summed E-state index contributed by atoms with van der Waals surface area (Å²) in [5, 5.41) is 3.70. The minimum atomic E-state index is -0.574. The molecule has 1 N–H and O–H groups in total. The molecule has 0 aromatic heterocycles. The van der Waals surface area contributed by atoms with Crippen molar-refractivity contribution in [2.45, 2.75) is 52.3 Å². The van der Waals surface area contributed by atoms with E-state index in [9.17, 15) is 4.79 Å². The molecule has 2 aromatic rings. The van der Waals surface area contributed by atoms with Crippen LogP contribution in [0.4, 0.5) is 0 Å². The zero-order chi connectivity index (χ0) is 19.9. The Labute approximate surface area is 172 Å². The normalized spacial score (nSPS) is 15.8. The zero-order valence-corrected chi connectivity index (χ0v) is 17.5. The molecule has 1 heterocycles. The van der Waals surface area contributed by atoms with E-state index >= 15 is 0 Å². The van der Waals surface area contributed by atoms with E-state index in [4.69, 9.17) is 16.3 Å². The Morgan fingerprint density at radius 1 is 1.14 bits per heavy atom. The number of carbonyl (C=O) groups excluding carboxylic acids is 1. The van der Waals surface area contributed by atoms with Crippen molar-refractivity contribution >= 4 is 17.5 Å². The van der Waals surface area contributed by atoms with Gasteiger partial charge in [-0.1, -0.05) is 42.3 Å². The average Bonchev–Trinajstić information content (AvgIpc) is 2.70. The number of nitrogens with zero attached hydrogens (tertiary/aromatic N) is 1. The number of aryl methyl sites for hydroxylation is 1. The molecule has 0 unspecified atom stereocenters. The number of carbonyl (C=O) groups is 1. The Morgan fingerprint density at radius 3 is 2.57 bits per heavy atom. The maximum absolute atomic E-state index is 12.5. The van der Waals surface area contributed by atoms with Gasteiger partial charge in [-0.2, -0.15) is 0 Å². The lowest BCUT2D eigenvalue weighted by molar-refractivity contribution is -0.127. The van der Waals surface area contributed by atoms with Gasteiger partial charge >= 0.3 is 0 Å². The largest absolute Gasteiger partial charge is 0.481 e. The number of likely N-dealkylation sites (tertiary alicyclic amines) is 1. The molecule has 150 valence electrons. The first-order valence-corrected chi connectivity index (χ1v) is 10.4. The molecule has 1 aliphatic heterocycles. The number of benzene rings is 2. The predicted octanol–water partition coefficient (Wildman–Crippen LogP) is 4.72. The lowest BCUT2D eigenvalue weighted by Gasteiger charge is -2.27. The molecule has 0 bridgehead atoms. The molecular formula is C23H29ClN2O2. The maximum atomic E-state index is 12.5. The summed E-state index contributed by atoms with van der Waals surface area (Å²) in [6.07, 6.45) is 3.31. The third kappa shape index (κ3) is 5.73. The van der Waals surface area contributed by atoms with Crippen molar-refractivity contribution < 1.29 is 9.53 Å². The summed E-state index contributed by atoms with van der Waals surface area (Å²) in [6.45, 7) is 7.45. The molecule has 0 spiro atoms. The zero-order valence-electron chi connectivity index (χ0n) is 16.7. The van der Waals surface area contributed by atoms with Crippen LogP contribution in [0.3, 0.4) is 0 Å². The molecule has 0 saturated carbocycles. The Bertz CT molecular complexity index is 803. The van der Waals surface area contributed by atoms with E-state index in [-0.39, 0.29) is 5.91 Å². The van der Waals surface area contributed by atoms with Crippen molar-refractivity contribution in [3.05, 3.63) is 64.2 Å². The molecule has 1 amide bonds. The third-order valence-corrected chi connectivity index (χ3v) is 5.65. The molecule has 2 aromatic carbocycles. The summed E-state index contributed by atoms with van der Waals surface area (Å²) in [5.41, 5.74) is 3.38. The Morgan fingerprint density at radius 2 is 1.86 bits per heavy atom. The first-order valence-electron chi connectivity index (χ1n) is 10.0. The number of amides is 1. The van der Waals surface area contributed by atoms with Crippen LogP contribution >= 0.6 is 11.6 Å². The minimum Gasteiger partial charge on any atom is -0.481 e. The van der Waals surface area contributed by atoms with Crippen LogP contribution < -0.4 is 10.1 Å². The summed E-state index contributed by atoms with van der Waals surface area (Å²) in [6, 6.07) is 13.8. The molecule has 1 saturated heterocycles. The van der Waals surface area contributed by atoms with E-state index in [1.165, 1.54) is 24.8 Å². The molecule has 1 fully saturated rings. The summed E-state index contributed by atoms with van der Waals surface area (Å²) in [7, 11) is 0. The van der Waals surface area contributed by atoms with Crippen molar-refractivity contribution in [3.8, 4) is 5.75 Å². The fourth-order valence-electron chi connectivity index (χ4n) is 3.52. The summed E-state index contributed by atoms with van der Waals surface area (Å²) in [4.78, 5) is 15.0. The number of nitrogens with one attached hydrogen (secondary N) is 1. The number of ether oxygens (including phenoxy) is 1.